The molecule has 0 radical (unpaired) electrons. The minimum Gasteiger partial charge on any atom is -0.330 e. The highest BCUT2D eigenvalue weighted by Crippen LogP contribution is 2.31. The Balaban J connectivity index is 2.01. The van der Waals surface area contributed by atoms with E-state index in [-0.39, 0.29) is 0 Å². The van der Waals surface area contributed by atoms with Crippen molar-refractivity contribution in [1.82, 2.24) is 15.0 Å². The molecule has 0 amide bonds. The second-order valence-corrected chi connectivity index (χ2v) is 4.65. The first-order chi connectivity index (χ1) is 7.29. The maximum Gasteiger partial charge on any atom is 0.0839 e. The van der Waals surface area contributed by atoms with E-state index in [0.29, 0.717) is 12.6 Å². The second kappa shape index (κ2) is 4.75. The van der Waals surface area contributed by atoms with Gasteiger partial charge in [0.1, 0.15) is 0 Å². The highest BCUT2D eigenvalue weighted by atomic mass is 15.4. The van der Waals surface area contributed by atoms with Gasteiger partial charge in [0, 0.05) is 12.6 Å². The molecule has 0 bridgehead atoms. The fourth-order valence-corrected chi connectivity index (χ4v) is 2.40. The number of nitrogens with two attached hydrogens (primary N) is 1. The predicted octanol–water partition coefficient (Wildman–Crippen LogP) is 1.53. The van der Waals surface area contributed by atoms with Crippen LogP contribution in [0.5, 0.6) is 0 Å². The number of nitrogens with zero attached hydrogens (tertiary/aromatic N) is 3. The van der Waals surface area contributed by atoms with E-state index in [0.717, 1.165) is 18.0 Å². The molecule has 1 saturated carbocycles. The Bertz CT molecular complexity index is 307. The largest absolute Gasteiger partial charge is 0.330 e. The first-order valence-corrected chi connectivity index (χ1v) is 5.90. The molecule has 2 unspecified atom stereocenters. The first kappa shape index (κ1) is 10.6. The molecule has 1 fully saturated rings. The molecule has 1 aromatic heterocycles. The Morgan fingerprint density at radius 1 is 1.53 bits per heavy atom. The summed E-state index contributed by atoms with van der Waals surface area (Å²) in [5.74, 6) is 0.825. The Labute approximate surface area is 90.8 Å². The van der Waals surface area contributed by atoms with Gasteiger partial charge in [-0.15, -0.1) is 5.10 Å². The van der Waals surface area contributed by atoms with Gasteiger partial charge in [0.2, 0.25) is 0 Å². The molecule has 2 N–H and O–H groups in total. The topological polar surface area (TPSA) is 56.7 Å². The lowest BCUT2D eigenvalue weighted by Gasteiger charge is -2.26. The molecule has 0 aliphatic heterocycles. The maximum atomic E-state index is 5.49. The van der Waals surface area contributed by atoms with Crippen LogP contribution < -0.4 is 5.73 Å². The zero-order chi connectivity index (χ0) is 10.7. The molecule has 0 saturated heterocycles. The van der Waals surface area contributed by atoms with Gasteiger partial charge in [-0.2, -0.15) is 0 Å². The summed E-state index contributed by atoms with van der Waals surface area (Å²) >= 11 is 0. The van der Waals surface area contributed by atoms with Crippen molar-refractivity contribution in [2.24, 2.45) is 11.7 Å². The van der Waals surface area contributed by atoms with Gasteiger partial charge < -0.3 is 5.73 Å². The molecule has 84 valence electrons. The molecule has 1 aliphatic carbocycles. The van der Waals surface area contributed by atoms with Gasteiger partial charge in [-0.1, -0.05) is 25.0 Å². The van der Waals surface area contributed by atoms with Gasteiger partial charge in [0.15, 0.2) is 0 Å². The summed E-state index contributed by atoms with van der Waals surface area (Å²) in [6.45, 7) is 2.98. The van der Waals surface area contributed by atoms with E-state index in [2.05, 4.69) is 23.4 Å². The van der Waals surface area contributed by atoms with Crippen molar-refractivity contribution in [1.29, 1.82) is 0 Å². The fourth-order valence-electron chi connectivity index (χ4n) is 2.40. The summed E-state index contributed by atoms with van der Waals surface area (Å²) in [5.41, 5.74) is 6.52. The lowest BCUT2D eigenvalue weighted by atomic mass is 9.87. The number of hydrogen-bond acceptors (Lipinski definition) is 3. The highest BCUT2D eigenvalue weighted by molar-refractivity contribution is 4.94. The lowest BCUT2D eigenvalue weighted by molar-refractivity contribution is 0.263. The minimum absolute atomic E-state index is 0.563. The van der Waals surface area contributed by atoms with Crippen molar-refractivity contribution < 1.29 is 0 Å². The van der Waals surface area contributed by atoms with Crippen molar-refractivity contribution in [2.45, 2.75) is 45.1 Å². The number of rotatable bonds is 3. The molecule has 0 spiro atoms. The van der Waals surface area contributed by atoms with Crippen LogP contribution in [0.1, 0.15) is 44.3 Å². The van der Waals surface area contributed by atoms with Gasteiger partial charge in [-0.25, -0.2) is 4.68 Å². The standard InChI is InChI=1S/C11H20N4/c1-9-3-2-4-11(7-9)15-8-10(5-6-12)13-14-15/h8-9,11H,2-7,12H2,1H3. The molecular weight excluding hydrogens is 188 g/mol. The van der Waals surface area contributed by atoms with E-state index >= 15 is 0 Å². The summed E-state index contributed by atoms with van der Waals surface area (Å²) in [6.07, 6.45) is 8.07. The summed E-state index contributed by atoms with van der Waals surface area (Å²) in [7, 11) is 0. The third-order valence-corrected chi connectivity index (χ3v) is 3.24. The van der Waals surface area contributed by atoms with Crippen molar-refractivity contribution in [3.63, 3.8) is 0 Å². The van der Waals surface area contributed by atoms with E-state index in [1.165, 1.54) is 25.7 Å². The molecule has 15 heavy (non-hydrogen) atoms. The van der Waals surface area contributed by atoms with E-state index in [1.54, 1.807) is 0 Å². The Morgan fingerprint density at radius 2 is 2.40 bits per heavy atom. The number of aromatic nitrogens is 3. The van der Waals surface area contributed by atoms with Gasteiger partial charge in [0.25, 0.3) is 0 Å². The van der Waals surface area contributed by atoms with Crippen LogP contribution in [-0.4, -0.2) is 21.5 Å². The zero-order valence-corrected chi connectivity index (χ0v) is 9.39. The van der Waals surface area contributed by atoms with Crippen molar-refractivity contribution in [3.05, 3.63) is 11.9 Å². The third kappa shape index (κ3) is 2.56. The average molecular weight is 208 g/mol. The summed E-state index contributed by atoms with van der Waals surface area (Å²) < 4.78 is 2.04. The fraction of sp³-hybridized carbons (Fsp3) is 0.818. The lowest BCUT2D eigenvalue weighted by Crippen LogP contribution is -2.18. The zero-order valence-electron chi connectivity index (χ0n) is 9.39. The van der Waals surface area contributed by atoms with Gasteiger partial charge in [-0.05, 0) is 25.3 Å². The van der Waals surface area contributed by atoms with E-state index < -0.39 is 0 Å². The first-order valence-electron chi connectivity index (χ1n) is 5.90. The van der Waals surface area contributed by atoms with Crippen molar-refractivity contribution in [2.75, 3.05) is 6.54 Å². The van der Waals surface area contributed by atoms with Crippen molar-refractivity contribution >= 4 is 0 Å². The van der Waals surface area contributed by atoms with Crippen LogP contribution in [0.15, 0.2) is 6.20 Å². The van der Waals surface area contributed by atoms with Crippen molar-refractivity contribution in [3.8, 4) is 0 Å². The molecule has 2 rings (SSSR count). The molecule has 1 aromatic rings. The van der Waals surface area contributed by atoms with Gasteiger partial charge in [0.05, 0.1) is 11.7 Å². The summed E-state index contributed by atoms with van der Waals surface area (Å²) in [5, 5.41) is 8.34. The van der Waals surface area contributed by atoms with Crippen LogP contribution in [0, 0.1) is 5.92 Å². The molecular formula is C11H20N4. The summed E-state index contributed by atoms with van der Waals surface area (Å²) in [4.78, 5) is 0. The summed E-state index contributed by atoms with van der Waals surface area (Å²) in [6, 6.07) is 0.563. The third-order valence-electron chi connectivity index (χ3n) is 3.24. The Kier molecular flexibility index (Phi) is 3.36. The smallest absolute Gasteiger partial charge is 0.0839 e. The van der Waals surface area contributed by atoms with E-state index in [9.17, 15) is 0 Å². The molecule has 2 atom stereocenters. The van der Waals surface area contributed by atoms with E-state index in [4.69, 9.17) is 5.73 Å². The van der Waals surface area contributed by atoms with Crippen LogP contribution in [0.4, 0.5) is 0 Å². The van der Waals surface area contributed by atoms with Crippen LogP contribution >= 0.6 is 0 Å². The molecule has 0 aromatic carbocycles. The molecule has 1 heterocycles. The van der Waals surface area contributed by atoms with Gasteiger partial charge in [-0.3, -0.25) is 0 Å². The van der Waals surface area contributed by atoms with Crippen LogP contribution in [0.25, 0.3) is 0 Å². The monoisotopic (exact) mass is 208 g/mol. The van der Waals surface area contributed by atoms with Crippen LogP contribution in [0.2, 0.25) is 0 Å². The normalized spacial score (nSPS) is 26.8. The highest BCUT2D eigenvalue weighted by Gasteiger charge is 2.21. The quantitative estimate of drug-likeness (QED) is 0.819. The maximum absolute atomic E-state index is 5.49. The molecule has 1 aliphatic rings. The van der Waals surface area contributed by atoms with Gasteiger partial charge >= 0.3 is 0 Å². The van der Waals surface area contributed by atoms with E-state index in [1.807, 2.05) is 4.68 Å². The van der Waals surface area contributed by atoms with Crippen LogP contribution in [0.3, 0.4) is 0 Å². The Hall–Kier alpha value is -0.900. The van der Waals surface area contributed by atoms with Crippen LogP contribution in [-0.2, 0) is 6.42 Å². The number of hydrogen-bond donors (Lipinski definition) is 1. The average Bonchev–Trinajstić information content (AvgIpc) is 2.67. The second-order valence-electron chi connectivity index (χ2n) is 4.65. The molecule has 4 heteroatoms. The Morgan fingerprint density at radius 3 is 3.13 bits per heavy atom. The predicted molar refractivity (Wildman–Crippen MR) is 59.4 cm³/mol. The molecule has 4 nitrogen and oxygen atoms in total. The SMILES string of the molecule is CC1CCCC(n2cc(CCN)nn2)C1. The minimum atomic E-state index is 0.563.